The minimum atomic E-state index is 0.383. The Morgan fingerprint density at radius 1 is 1.03 bits per heavy atom. The fourth-order valence-electron chi connectivity index (χ4n) is 3.94. The molecule has 1 N–H and O–H groups in total. The lowest BCUT2D eigenvalue weighted by Crippen LogP contribution is -2.16. The van der Waals surface area contributed by atoms with Crippen molar-refractivity contribution in [2.45, 2.75) is 24.7 Å². The fraction of sp³-hybridized carbons (Fsp3) is 0.296. The second-order valence-corrected chi connectivity index (χ2v) is 10.4. The summed E-state index contributed by atoms with van der Waals surface area (Å²) in [5.41, 5.74) is 3.04. The highest BCUT2D eigenvalue weighted by Gasteiger charge is 2.15. The van der Waals surface area contributed by atoms with Gasteiger partial charge in [-0.25, -0.2) is 0 Å². The summed E-state index contributed by atoms with van der Waals surface area (Å²) in [5.74, 6) is 3.76. The molecule has 0 saturated carbocycles. The second kappa shape index (κ2) is 13.0. The topological polar surface area (TPSA) is 92.6 Å². The quantitative estimate of drug-likeness (QED) is 0.178. The molecule has 1 aromatic heterocycles. The van der Waals surface area contributed by atoms with Crippen molar-refractivity contribution in [3.05, 3.63) is 76.3 Å². The number of aromatic nitrogens is 4. The van der Waals surface area contributed by atoms with Crippen LogP contribution in [-0.4, -0.2) is 52.8 Å². The minimum absolute atomic E-state index is 0.383. The van der Waals surface area contributed by atoms with Gasteiger partial charge in [-0.15, -0.1) is 5.10 Å². The van der Waals surface area contributed by atoms with Crippen LogP contribution >= 0.6 is 27.7 Å². The van der Waals surface area contributed by atoms with E-state index in [-0.39, 0.29) is 0 Å². The number of rotatable bonds is 12. The smallest absolute Gasteiger partial charge is 0.214 e. The van der Waals surface area contributed by atoms with Gasteiger partial charge in [0.25, 0.3) is 0 Å². The summed E-state index contributed by atoms with van der Waals surface area (Å²) < 4.78 is 25.6. The summed E-state index contributed by atoms with van der Waals surface area (Å²) in [4.78, 5) is 0. The first kappa shape index (κ1) is 26.3. The highest BCUT2D eigenvalue weighted by Crippen LogP contribution is 2.38. The molecule has 0 atom stereocenters. The van der Waals surface area contributed by atoms with Gasteiger partial charge in [-0.2, -0.15) is 4.68 Å². The van der Waals surface area contributed by atoms with Crippen LogP contribution in [0.3, 0.4) is 0 Å². The lowest BCUT2D eigenvalue weighted by atomic mass is 10.2. The minimum Gasteiger partial charge on any atom is -0.493 e. The van der Waals surface area contributed by atoms with Crippen molar-refractivity contribution in [3.63, 3.8) is 0 Å². The molecule has 4 aromatic rings. The van der Waals surface area contributed by atoms with Gasteiger partial charge in [0.2, 0.25) is 5.16 Å². The predicted octanol–water partition coefficient (Wildman–Crippen LogP) is 5.06. The zero-order valence-corrected chi connectivity index (χ0v) is 23.3. The number of hydrogen-bond acceptors (Lipinski definition) is 9. The molecule has 0 unspecified atom stereocenters. The number of tetrazole rings is 1. The van der Waals surface area contributed by atoms with Crippen molar-refractivity contribution in [1.82, 2.24) is 25.5 Å². The molecular formula is C27H28BrN5O4S. The molecule has 0 amide bonds. The van der Waals surface area contributed by atoms with Crippen molar-refractivity contribution < 1.29 is 18.9 Å². The summed E-state index contributed by atoms with van der Waals surface area (Å²) in [7, 11) is 1.65. The third-order valence-corrected chi connectivity index (χ3v) is 7.37. The summed E-state index contributed by atoms with van der Waals surface area (Å²) in [6, 6.07) is 19.8. The molecule has 1 aliphatic rings. The van der Waals surface area contributed by atoms with Crippen LogP contribution in [0.4, 0.5) is 0 Å². The molecule has 0 fully saturated rings. The maximum Gasteiger partial charge on any atom is 0.214 e. The normalized spacial score (nSPS) is 12.4. The average Bonchev–Trinajstić information content (AvgIpc) is 3.43. The number of para-hydroxylation sites is 1. The van der Waals surface area contributed by atoms with Crippen molar-refractivity contribution in [2.24, 2.45) is 0 Å². The Labute approximate surface area is 233 Å². The van der Waals surface area contributed by atoms with E-state index in [9.17, 15) is 0 Å². The first-order valence-electron chi connectivity index (χ1n) is 12.3. The Morgan fingerprint density at radius 3 is 2.71 bits per heavy atom. The van der Waals surface area contributed by atoms with Gasteiger partial charge in [-0.1, -0.05) is 36.0 Å². The number of thioether (sulfide) groups is 1. The molecule has 0 radical (unpaired) electrons. The van der Waals surface area contributed by atoms with Crippen LogP contribution < -0.4 is 24.3 Å². The molecule has 3 aromatic carbocycles. The lowest BCUT2D eigenvalue weighted by molar-refractivity contribution is 0.171. The number of fused-ring (bicyclic) bond motifs is 1. The Bertz CT molecular complexity index is 1350. The van der Waals surface area contributed by atoms with Gasteiger partial charge in [0.15, 0.2) is 23.0 Å². The monoisotopic (exact) mass is 597 g/mol. The third-order valence-electron chi connectivity index (χ3n) is 5.78. The maximum absolute atomic E-state index is 6.12. The van der Waals surface area contributed by atoms with E-state index in [4.69, 9.17) is 18.9 Å². The average molecular weight is 599 g/mol. The number of hydrogen-bond donors (Lipinski definition) is 1. The van der Waals surface area contributed by atoms with Crippen LogP contribution in [0.2, 0.25) is 0 Å². The SMILES string of the molecule is COc1cc(CNCCCSc2nnnn2-c2ccccc2)cc(Br)c1OCc1ccc2c(c1)OCCO2. The molecule has 0 saturated heterocycles. The molecule has 11 heteroatoms. The number of nitrogens with one attached hydrogen (secondary N) is 1. The van der Waals surface area contributed by atoms with E-state index in [0.717, 1.165) is 56.7 Å². The number of methoxy groups -OCH3 is 1. The fourth-order valence-corrected chi connectivity index (χ4v) is 5.38. The zero-order valence-electron chi connectivity index (χ0n) is 20.9. The van der Waals surface area contributed by atoms with Crippen LogP contribution in [0.25, 0.3) is 5.69 Å². The molecule has 0 bridgehead atoms. The summed E-state index contributed by atoms with van der Waals surface area (Å²) in [5, 5.41) is 16.4. The van der Waals surface area contributed by atoms with E-state index in [2.05, 4.69) is 42.8 Å². The maximum atomic E-state index is 6.12. The number of halogens is 1. The van der Waals surface area contributed by atoms with Crippen LogP contribution in [-0.2, 0) is 13.2 Å². The van der Waals surface area contributed by atoms with Crippen molar-refractivity contribution in [1.29, 1.82) is 0 Å². The van der Waals surface area contributed by atoms with Crippen LogP contribution in [0.5, 0.6) is 23.0 Å². The molecule has 0 aliphatic carbocycles. The molecule has 2 heterocycles. The van der Waals surface area contributed by atoms with E-state index in [1.807, 2.05) is 54.6 Å². The first-order valence-corrected chi connectivity index (χ1v) is 14.0. The number of benzene rings is 3. The highest BCUT2D eigenvalue weighted by atomic mass is 79.9. The van der Waals surface area contributed by atoms with Crippen molar-refractivity contribution in [2.75, 3.05) is 32.6 Å². The third kappa shape index (κ3) is 6.58. The Morgan fingerprint density at radius 2 is 1.87 bits per heavy atom. The largest absolute Gasteiger partial charge is 0.493 e. The first-order chi connectivity index (χ1) is 18.7. The molecule has 9 nitrogen and oxygen atoms in total. The van der Waals surface area contributed by atoms with E-state index in [0.29, 0.717) is 37.9 Å². The standard InChI is InChI=1S/C27H28BrN5O4S/c1-34-25-16-20(14-22(28)26(25)37-18-19-8-9-23-24(15-19)36-12-11-35-23)17-29-10-5-13-38-27-30-31-32-33(27)21-6-3-2-4-7-21/h2-4,6-9,14-16,29H,5,10-13,17-18H2,1H3. The molecule has 5 rings (SSSR count). The Kier molecular flexibility index (Phi) is 9.00. The van der Waals surface area contributed by atoms with Gasteiger partial charge in [0.05, 0.1) is 17.3 Å². The van der Waals surface area contributed by atoms with Crippen LogP contribution in [0.1, 0.15) is 17.5 Å². The lowest BCUT2D eigenvalue weighted by Gasteiger charge is -2.19. The number of ether oxygens (including phenoxy) is 4. The summed E-state index contributed by atoms with van der Waals surface area (Å²) in [6.45, 7) is 3.09. The Hall–Kier alpha value is -3.28. The van der Waals surface area contributed by atoms with Crippen molar-refractivity contribution in [3.8, 4) is 28.7 Å². The van der Waals surface area contributed by atoms with Gasteiger partial charge in [0, 0.05) is 12.3 Å². The highest BCUT2D eigenvalue weighted by molar-refractivity contribution is 9.10. The summed E-state index contributed by atoms with van der Waals surface area (Å²) >= 11 is 5.30. The van der Waals surface area contributed by atoms with Gasteiger partial charge in [-0.05, 0) is 86.8 Å². The Balaban J connectivity index is 1.09. The molecular weight excluding hydrogens is 570 g/mol. The van der Waals surface area contributed by atoms with Crippen LogP contribution in [0.15, 0.2) is 70.3 Å². The van der Waals surface area contributed by atoms with E-state index >= 15 is 0 Å². The molecule has 198 valence electrons. The predicted molar refractivity (Wildman–Crippen MR) is 149 cm³/mol. The van der Waals surface area contributed by atoms with E-state index in [1.165, 1.54) is 0 Å². The molecule has 1 aliphatic heterocycles. The zero-order chi connectivity index (χ0) is 26.2. The van der Waals surface area contributed by atoms with E-state index < -0.39 is 0 Å². The van der Waals surface area contributed by atoms with Gasteiger partial charge < -0.3 is 24.3 Å². The summed E-state index contributed by atoms with van der Waals surface area (Å²) in [6.07, 6.45) is 0.974. The number of nitrogens with zero attached hydrogens (tertiary/aromatic N) is 4. The van der Waals surface area contributed by atoms with Gasteiger partial charge in [0.1, 0.15) is 19.8 Å². The van der Waals surface area contributed by atoms with E-state index in [1.54, 1.807) is 23.6 Å². The van der Waals surface area contributed by atoms with Gasteiger partial charge in [-0.3, -0.25) is 0 Å². The molecule has 0 spiro atoms. The van der Waals surface area contributed by atoms with Crippen molar-refractivity contribution >= 4 is 27.7 Å². The second-order valence-electron chi connectivity index (χ2n) is 8.46. The van der Waals surface area contributed by atoms with Gasteiger partial charge >= 0.3 is 0 Å². The van der Waals surface area contributed by atoms with Crippen LogP contribution in [0, 0.1) is 0 Å². The molecule has 38 heavy (non-hydrogen) atoms.